The third-order valence-corrected chi connectivity index (χ3v) is 5.02. The molecule has 31 heavy (non-hydrogen) atoms. The smallest absolute Gasteiger partial charge is 0.338 e. The molecule has 7 nitrogen and oxygen atoms in total. The van der Waals surface area contributed by atoms with Gasteiger partial charge < -0.3 is 13.9 Å². The number of amides is 2. The zero-order valence-corrected chi connectivity index (χ0v) is 17.2. The Labute approximate surface area is 179 Å². The van der Waals surface area contributed by atoms with Gasteiger partial charge >= 0.3 is 5.97 Å². The maximum absolute atomic E-state index is 12.7. The van der Waals surface area contributed by atoms with E-state index < -0.39 is 17.8 Å². The van der Waals surface area contributed by atoms with E-state index in [-0.39, 0.29) is 36.4 Å². The summed E-state index contributed by atoms with van der Waals surface area (Å²) in [6, 6.07) is 13.6. The molecule has 0 aliphatic carbocycles. The molecule has 158 valence electrons. The lowest BCUT2D eigenvalue weighted by atomic mass is 10.1. The van der Waals surface area contributed by atoms with Crippen LogP contribution in [0, 0.1) is 13.8 Å². The van der Waals surface area contributed by atoms with Crippen LogP contribution >= 0.6 is 0 Å². The average Bonchev–Trinajstić information content (AvgIpc) is 3.36. The van der Waals surface area contributed by atoms with Crippen LogP contribution in [0.25, 0.3) is 0 Å². The molecule has 1 aliphatic heterocycles. The molecule has 0 spiro atoms. The van der Waals surface area contributed by atoms with Crippen molar-refractivity contribution in [3.63, 3.8) is 0 Å². The number of nitrogens with zero attached hydrogens (tertiary/aromatic N) is 1. The second-order valence-corrected chi connectivity index (χ2v) is 7.29. The molecule has 7 heteroatoms. The van der Waals surface area contributed by atoms with Crippen molar-refractivity contribution in [3.05, 3.63) is 88.4 Å². The topological polar surface area (TPSA) is 86.1 Å². The summed E-state index contributed by atoms with van der Waals surface area (Å²) in [6.45, 7) is 4.21. The average molecular weight is 419 g/mol. The molecule has 0 N–H and O–H groups in total. The van der Waals surface area contributed by atoms with E-state index in [9.17, 15) is 14.4 Å². The van der Waals surface area contributed by atoms with Crippen LogP contribution in [0.3, 0.4) is 0 Å². The molecule has 1 aromatic heterocycles. The summed E-state index contributed by atoms with van der Waals surface area (Å²) in [4.78, 5) is 38.7. The lowest BCUT2D eigenvalue weighted by molar-refractivity contribution is 0.0449. The monoisotopic (exact) mass is 419 g/mol. The first-order chi connectivity index (χ1) is 14.9. The van der Waals surface area contributed by atoms with Gasteiger partial charge in [-0.25, -0.2) is 4.79 Å². The Morgan fingerprint density at radius 2 is 1.77 bits per heavy atom. The molecule has 3 aromatic rings. The molecule has 1 aliphatic rings. The van der Waals surface area contributed by atoms with E-state index in [1.54, 1.807) is 12.1 Å². The Balaban J connectivity index is 1.37. The van der Waals surface area contributed by atoms with E-state index in [1.807, 2.05) is 32.0 Å². The summed E-state index contributed by atoms with van der Waals surface area (Å²) in [5, 5.41) is 0. The van der Waals surface area contributed by atoms with E-state index in [0.29, 0.717) is 5.76 Å². The van der Waals surface area contributed by atoms with Crippen LogP contribution in [0.5, 0.6) is 5.75 Å². The number of carbonyl (C=O) groups excluding carboxylic acids is 3. The predicted octanol–water partition coefficient (Wildman–Crippen LogP) is 3.93. The van der Waals surface area contributed by atoms with Crippen molar-refractivity contribution >= 4 is 17.8 Å². The molecule has 0 saturated carbocycles. The van der Waals surface area contributed by atoms with Crippen molar-refractivity contribution in [1.82, 2.24) is 4.90 Å². The Bertz CT molecular complexity index is 1150. The van der Waals surface area contributed by atoms with Crippen molar-refractivity contribution in [3.8, 4) is 5.75 Å². The van der Waals surface area contributed by atoms with Crippen LogP contribution in [-0.4, -0.2) is 35.9 Å². The zero-order valence-electron chi connectivity index (χ0n) is 17.2. The second-order valence-electron chi connectivity index (χ2n) is 7.29. The second kappa shape index (κ2) is 8.47. The van der Waals surface area contributed by atoms with Crippen molar-refractivity contribution in [2.45, 2.75) is 20.4 Å². The van der Waals surface area contributed by atoms with E-state index in [1.165, 1.54) is 24.5 Å². The van der Waals surface area contributed by atoms with Crippen molar-refractivity contribution < 1.29 is 28.3 Å². The van der Waals surface area contributed by atoms with Gasteiger partial charge in [-0.1, -0.05) is 12.1 Å². The number of fused-ring (bicyclic) bond motifs is 1. The Morgan fingerprint density at radius 3 is 2.55 bits per heavy atom. The molecule has 0 radical (unpaired) electrons. The van der Waals surface area contributed by atoms with E-state index in [0.717, 1.165) is 21.8 Å². The molecule has 0 unspecified atom stereocenters. The summed E-state index contributed by atoms with van der Waals surface area (Å²) in [5.41, 5.74) is 2.71. The van der Waals surface area contributed by atoms with E-state index >= 15 is 0 Å². The fourth-order valence-corrected chi connectivity index (χ4v) is 3.35. The summed E-state index contributed by atoms with van der Waals surface area (Å²) >= 11 is 0. The highest BCUT2D eigenvalue weighted by Gasteiger charge is 2.36. The van der Waals surface area contributed by atoms with Gasteiger partial charge in [-0.3, -0.25) is 14.5 Å². The van der Waals surface area contributed by atoms with Crippen molar-refractivity contribution in [2.24, 2.45) is 0 Å². The molecule has 0 fully saturated rings. The number of rotatable bonds is 7. The van der Waals surface area contributed by atoms with E-state index in [4.69, 9.17) is 13.9 Å². The SMILES string of the molecule is Cc1ccc(C)c(OCCOC(=O)c2ccc3c(c2)C(=O)N(Cc2ccco2)C3=O)c1. The lowest BCUT2D eigenvalue weighted by Gasteiger charge is -2.11. The van der Waals surface area contributed by atoms with Crippen LogP contribution in [0.4, 0.5) is 0 Å². The number of imide groups is 1. The van der Waals surface area contributed by atoms with Crippen LogP contribution in [0.15, 0.2) is 59.2 Å². The molecule has 0 atom stereocenters. The Morgan fingerprint density at radius 1 is 0.968 bits per heavy atom. The standard InChI is InChI=1S/C24H21NO6/c1-15-5-6-16(2)21(12-15)30-10-11-31-24(28)17-7-8-19-20(13-17)23(27)25(22(19)26)14-18-4-3-9-29-18/h3-9,12-13H,10-11,14H2,1-2H3. The number of benzene rings is 2. The largest absolute Gasteiger partial charge is 0.490 e. The first kappa shape index (κ1) is 20.4. The Kier molecular flexibility index (Phi) is 5.58. The van der Waals surface area contributed by atoms with Crippen molar-refractivity contribution in [1.29, 1.82) is 0 Å². The fraction of sp³-hybridized carbons (Fsp3) is 0.208. The highest BCUT2D eigenvalue weighted by molar-refractivity contribution is 6.21. The first-order valence-electron chi connectivity index (χ1n) is 9.84. The summed E-state index contributed by atoms with van der Waals surface area (Å²) in [6.07, 6.45) is 1.48. The van der Waals surface area contributed by atoms with Gasteiger partial charge in [0.25, 0.3) is 11.8 Å². The van der Waals surface area contributed by atoms with Gasteiger partial charge in [-0.05, 0) is 61.4 Å². The zero-order chi connectivity index (χ0) is 22.0. The van der Waals surface area contributed by atoms with Crippen LogP contribution < -0.4 is 4.74 Å². The van der Waals surface area contributed by atoms with Crippen LogP contribution in [0.2, 0.25) is 0 Å². The quantitative estimate of drug-likeness (QED) is 0.328. The molecule has 2 amide bonds. The minimum Gasteiger partial charge on any atom is -0.490 e. The third-order valence-electron chi connectivity index (χ3n) is 5.02. The Hall–Kier alpha value is -3.87. The van der Waals surface area contributed by atoms with Gasteiger partial charge in [0.05, 0.1) is 29.5 Å². The summed E-state index contributed by atoms with van der Waals surface area (Å²) in [5.74, 6) is -0.230. The van der Waals surface area contributed by atoms with Gasteiger partial charge in [0.15, 0.2) is 0 Å². The number of aryl methyl sites for hydroxylation is 2. The molecule has 0 saturated heterocycles. The maximum atomic E-state index is 12.7. The van der Waals surface area contributed by atoms with Gasteiger partial charge in [-0.2, -0.15) is 0 Å². The number of carbonyl (C=O) groups is 3. The number of esters is 1. The third kappa shape index (κ3) is 4.21. The minimum atomic E-state index is -0.586. The number of hydrogen-bond donors (Lipinski definition) is 0. The molecular formula is C24H21NO6. The highest BCUT2D eigenvalue weighted by atomic mass is 16.6. The van der Waals surface area contributed by atoms with Gasteiger partial charge in [0.2, 0.25) is 0 Å². The maximum Gasteiger partial charge on any atom is 0.338 e. The van der Waals surface area contributed by atoms with Crippen LogP contribution in [-0.2, 0) is 11.3 Å². The van der Waals surface area contributed by atoms with E-state index in [2.05, 4.69) is 0 Å². The number of ether oxygens (including phenoxy) is 2. The molecule has 0 bridgehead atoms. The summed E-state index contributed by atoms with van der Waals surface area (Å²) in [7, 11) is 0. The number of hydrogen-bond acceptors (Lipinski definition) is 6. The molecular weight excluding hydrogens is 398 g/mol. The normalized spacial score (nSPS) is 12.8. The predicted molar refractivity (Wildman–Crippen MR) is 111 cm³/mol. The summed E-state index contributed by atoms with van der Waals surface area (Å²) < 4.78 is 16.2. The highest BCUT2D eigenvalue weighted by Crippen LogP contribution is 2.26. The minimum absolute atomic E-state index is 0.0365. The first-order valence-corrected chi connectivity index (χ1v) is 9.84. The van der Waals surface area contributed by atoms with Gasteiger partial charge in [0.1, 0.15) is 24.7 Å². The van der Waals surface area contributed by atoms with Gasteiger partial charge in [-0.15, -0.1) is 0 Å². The molecule has 2 aromatic carbocycles. The van der Waals surface area contributed by atoms with Crippen LogP contribution in [0.1, 0.15) is 48.0 Å². The fourth-order valence-electron chi connectivity index (χ4n) is 3.35. The number of furan rings is 1. The molecule has 2 heterocycles. The van der Waals surface area contributed by atoms with Crippen molar-refractivity contribution in [2.75, 3.05) is 13.2 Å². The molecule has 4 rings (SSSR count). The van der Waals surface area contributed by atoms with Gasteiger partial charge in [0, 0.05) is 0 Å². The lowest BCUT2D eigenvalue weighted by Crippen LogP contribution is -2.28.